The van der Waals surface area contributed by atoms with Gasteiger partial charge in [-0.15, -0.1) is 11.8 Å². The molecule has 31 heavy (non-hydrogen) atoms. The highest BCUT2D eigenvalue weighted by Crippen LogP contribution is 2.24. The average Bonchev–Trinajstić information content (AvgIpc) is 2.81. The van der Waals surface area contributed by atoms with Crippen molar-refractivity contribution in [2.45, 2.75) is 30.0 Å². The first-order chi connectivity index (χ1) is 15.2. The highest BCUT2D eigenvalue weighted by atomic mass is 32.2. The van der Waals surface area contributed by atoms with E-state index in [1.54, 1.807) is 11.8 Å². The lowest BCUT2D eigenvalue weighted by molar-refractivity contribution is -0.121. The minimum absolute atomic E-state index is 0.0255. The van der Waals surface area contributed by atoms with E-state index in [1.807, 2.05) is 42.5 Å². The number of carbonyl (C=O) groups excluding carboxylic acids is 1. The van der Waals surface area contributed by atoms with Crippen LogP contribution in [-0.2, 0) is 17.1 Å². The van der Waals surface area contributed by atoms with Crippen LogP contribution in [0.3, 0.4) is 0 Å². The third-order valence-corrected chi connectivity index (χ3v) is 6.65. The second-order valence-corrected chi connectivity index (χ2v) is 9.04. The van der Waals surface area contributed by atoms with Gasteiger partial charge in [0.05, 0.1) is 5.92 Å². The van der Waals surface area contributed by atoms with Crippen molar-refractivity contribution < 1.29 is 9.18 Å². The lowest BCUT2D eigenvalue weighted by atomic mass is 9.96. The first kappa shape index (κ1) is 21.6. The lowest BCUT2D eigenvalue weighted by Gasteiger charge is -2.32. The Labute approximate surface area is 187 Å². The van der Waals surface area contributed by atoms with Gasteiger partial charge in [0.1, 0.15) is 5.82 Å². The molecule has 1 aliphatic rings. The third-order valence-electron chi connectivity index (χ3n) is 5.57. The van der Waals surface area contributed by atoms with E-state index >= 15 is 0 Å². The van der Waals surface area contributed by atoms with Crippen molar-refractivity contribution in [2.24, 2.45) is 5.92 Å². The van der Waals surface area contributed by atoms with Crippen LogP contribution in [-0.4, -0.2) is 23.9 Å². The number of thioether (sulfide) groups is 1. The number of hydrogen-bond acceptors (Lipinski definition) is 3. The van der Waals surface area contributed by atoms with Crippen molar-refractivity contribution >= 4 is 23.4 Å². The zero-order chi connectivity index (χ0) is 21.5. The van der Waals surface area contributed by atoms with Crippen molar-refractivity contribution in [1.82, 2.24) is 4.90 Å². The van der Waals surface area contributed by atoms with Crippen LogP contribution < -0.4 is 5.32 Å². The zero-order valence-corrected chi connectivity index (χ0v) is 18.3. The summed E-state index contributed by atoms with van der Waals surface area (Å²) in [6.45, 7) is 2.45. The molecule has 0 unspecified atom stereocenters. The highest BCUT2D eigenvalue weighted by molar-refractivity contribution is 7.98. The molecule has 4 rings (SSSR count). The fraction of sp³-hybridized carbons (Fsp3) is 0.269. The van der Waals surface area contributed by atoms with E-state index in [2.05, 4.69) is 34.5 Å². The molecule has 3 aromatic carbocycles. The number of carbonyl (C=O) groups is 1. The molecule has 0 saturated carbocycles. The predicted molar refractivity (Wildman–Crippen MR) is 125 cm³/mol. The van der Waals surface area contributed by atoms with Crippen LogP contribution in [0, 0.1) is 11.7 Å². The summed E-state index contributed by atoms with van der Waals surface area (Å²) in [5.41, 5.74) is 3.15. The summed E-state index contributed by atoms with van der Waals surface area (Å²) in [5, 5.41) is 3.08. The molecule has 1 heterocycles. The number of hydrogen-bond donors (Lipinski definition) is 1. The Hall–Kier alpha value is -2.63. The Kier molecular flexibility index (Phi) is 7.39. The summed E-state index contributed by atoms with van der Waals surface area (Å²) in [7, 11) is 0. The fourth-order valence-corrected chi connectivity index (χ4v) is 4.75. The molecule has 3 nitrogen and oxygen atoms in total. The molecule has 1 saturated heterocycles. The van der Waals surface area contributed by atoms with Crippen molar-refractivity contribution in [2.75, 3.05) is 18.4 Å². The maximum atomic E-state index is 13.1. The van der Waals surface area contributed by atoms with Gasteiger partial charge in [-0.25, -0.2) is 4.39 Å². The Bertz CT molecular complexity index is 977. The van der Waals surface area contributed by atoms with E-state index in [1.165, 1.54) is 22.6 Å². The number of anilines is 1. The van der Waals surface area contributed by atoms with E-state index in [0.29, 0.717) is 0 Å². The molecule has 0 radical (unpaired) electrons. The van der Waals surface area contributed by atoms with E-state index < -0.39 is 0 Å². The van der Waals surface area contributed by atoms with Gasteiger partial charge in [0.15, 0.2) is 0 Å². The number of rotatable bonds is 7. The molecule has 0 aliphatic carbocycles. The average molecular weight is 435 g/mol. The molecule has 1 fully saturated rings. The summed E-state index contributed by atoms with van der Waals surface area (Å²) in [6, 6.07) is 25.1. The number of amides is 1. The topological polar surface area (TPSA) is 32.3 Å². The molecule has 1 atom stereocenters. The first-order valence-corrected chi connectivity index (χ1v) is 11.7. The van der Waals surface area contributed by atoms with Gasteiger partial charge >= 0.3 is 0 Å². The number of halogens is 1. The Balaban J connectivity index is 1.27. The van der Waals surface area contributed by atoms with Crippen LogP contribution in [0.15, 0.2) is 83.8 Å². The molecule has 3 aromatic rings. The number of nitrogens with one attached hydrogen (secondary N) is 1. The fourth-order valence-electron chi connectivity index (χ4n) is 3.87. The molecule has 0 spiro atoms. The van der Waals surface area contributed by atoms with Gasteiger partial charge in [-0.2, -0.15) is 0 Å². The standard InChI is InChI=1S/C26H27FN2OS/c27-23-12-8-20(9-13-23)17-29-16-4-5-22(18-29)26(30)28-24-14-10-21(11-15-24)19-31-25-6-2-1-3-7-25/h1-3,6-15,22H,4-5,16-19H2,(H,28,30)/t22-/m1/s1. The quantitative estimate of drug-likeness (QED) is 0.465. The minimum Gasteiger partial charge on any atom is -0.326 e. The number of benzene rings is 3. The molecule has 1 aliphatic heterocycles. The summed E-state index contributed by atoms with van der Waals surface area (Å²) >= 11 is 1.80. The van der Waals surface area contributed by atoms with E-state index in [0.717, 1.165) is 49.5 Å². The smallest absolute Gasteiger partial charge is 0.228 e. The predicted octanol–water partition coefficient (Wildman–Crippen LogP) is 5.97. The second kappa shape index (κ2) is 10.6. The van der Waals surface area contributed by atoms with Gasteiger partial charge < -0.3 is 5.32 Å². The number of piperidine rings is 1. The van der Waals surface area contributed by atoms with Crippen LogP contribution in [0.2, 0.25) is 0 Å². The zero-order valence-electron chi connectivity index (χ0n) is 17.5. The molecule has 1 N–H and O–H groups in total. The maximum Gasteiger partial charge on any atom is 0.228 e. The lowest BCUT2D eigenvalue weighted by Crippen LogP contribution is -2.40. The van der Waals surface area contributed by atoms with E-state index in [-0.39, 0.29) is 17.6 Å². The van der Waals surface area contributed by atoms with Gasteiger partial charge in [0, 0.05) is 29.4 Å². The van der Waals surface area contributed by atoms with Gasteiger partial charge in [-0.1, -0.05) is 42.5 Å². The van der Waals surface area contributed by atoms with E-state index in [4.69, 9.17) is 0 Å². The third kappa shape index (κ3) is 6.42. The van der Waals surface area contributed by atoms with Crippen molar-refractivity contribution in [3.05, 3.63) is 95.8 Å². The Morgan fingerprint density at radius 3 is 2.42 bits per heavy atom. The maximum absolute atomic E-state index is 13.1. The SMILES string of the molecule is O=C(Nc1ccc(CSc2ccccc2)cc1)[C@@H]1CCCN(Cc2ccc(F)cc2)C1. The van der Waals surface area contributed by atoms with Gasteiger partial charge in [0.25, 0.3) is 0 Å². The molecule has 1 amide bonds. The minimum atomic E-state index is -0.218. The molecule has 0 aromatic heterocycles. The summed E-state index contributed by atoms with van der Waals surface area (Å²) in [6.07, 6.45) is 1.90. The molecular weight excluding hydrogens is 407 g/mol. The van der Waals surface area contributed by atoms with Crippen molar-refractivity contribution in [3.8, 4) is 0 Å². The van der Waals surface area contributed by atoms with Crippen LogP contribution in [0.4, 0.5) is 10.1 Å². The number of likely N-dealkylation sites (tertiary alicyclic amines) is 1. The summed E-state index contributed by atoms with van der Waals surface area (Å²) < 4.78 is 13.1. The number of nitrogens with zero attached hydrogens (tertiary/aromatic N) is 1. The largest absolute Gasteiger partial charge is 0.326 e. The van der Waals surface area contributed by atoms with Crippen LogP contribution in [0.5, 0.6) is 0 Å². The van der Waals surface area contributed by atoms with Gasteiger partial charge in [0.2, 0.25) is 5.91 Å². The van der Waals surface area contributed by atoms with Crippen molar-refractivity contribution in [1.29, 1.82) is 0 Å². The summed E-state index contributed by atoms with van der Waals surface area (Å²) in [5.74, 6) is 0.737. The van der Waals surface area contributed by atoms with Crippen LogP contribution in [0.25, 0.3) is 0 Å². The summed E-state index contributed by atoms with van der Waals surface area (Å²) in [4.78, 5) is 16.3. The van der Waals surface area contributed by atoms with E-state index in [9.17, 15) is 9.18 Å². The van der Waals surface area contributed by atoms with Gasteiger partial charge in [-0.3, -0.25) is 9.69 Å². The Morgan fingerprint density at radius 2 is 1.68 bits per heavy atom. The second-order valence-electron chi connectivity index (χ2n) is 7.99. The van der Waals surface area contributed by atoms with Crippen molar-refractivity contribution in [3.63, 3.8) is 0 Å². The normalized spacial score (nSPS) is 16.7. The van der Waals surface area contributed by atoms with Crippen LogP contribution >= 0.6 is 11.8 Å². The highest BCUT2D eigenvalue weighted by Gasteiger charge is 2.25. The molecule has 160 valence electrons. The monoisotopic (exact) mass is 434 g/mol. The molecular formula is C26H27FN2OS. The molecule has 0 bridgehead atoms. The van der Waals surface area contributed by atoms with Gasteiger partial charge in [-0.05, 0) is 66.9 Å². The first-order valence-electron chi connectivity index (χ1n) is 10.7. The van der Waals surface area contributed by atoms with Crippen LogP contribution in [0.1, 0.15) is 24.0 Å². The molecule has 5 heteroatoms. The Morgan fingerprint density at radius 1 is 0.968 bits per heavy atom.